The van der Waals surface area contributed by atoms with Crippen molar-refractivity contribution in [2.45, 2.75) is 39.0 Å². The minimum atomic E-state index is -4.72. The lowest BCUT2D eigenvalue weighted by molar-refractivity contribution is -0.154. The Morgan fingerprint density at radius 1 is 1.11 bits per heavy atom. The van der Waals surface area contributed by atoms with Crippen molar-refractivity contribution in [2.24, 2.45) is 0 Å². The molecule has 0 saturated carbocycles. The Bertz CT molecular complexity index is 715. The maximum absolute atomic E-state index is 13.0. The summed E-state index contributed by atoms with van der Waals surface area (Å²) in [7, 11) is 0. The van der Waals surface area contributed by atoms with Gasteiger partial charge in [0.05, 0.1) is 12.0 Å². The van der Waals surface area contributed by atoms with E-state index < -0.39 is 41.0 Å². The van der Waals surface area contributed by atoms with E-state index in [-0.39, 0.29) is 24.2 Å². The van der Waals surface area contributed by atoms with Crippen molar-refractivity contribution in [3.63, 3.8) is 0 Å². The fourth-order valence-corrected chi connectivity index (χ4v) is 2.03. The molecule has 0 aliphatic carbocycles. The first-order valence-electron chi connectivity index (χ1n) is 7.90. The number of anilines is 1. The lowest BCUT2D eigenvalue weighted by Crippen LogP contribution is -2.30. The van der Waals surface area contributed by atoms with Crippen LogP contribution in [0.1, 0.15) is 43.1 Å². The molecule has 0 heterocycles. The standard InChI is InChI=1S/C17H20ClF3N2O4/c1-16(2,3)27-14(25)4-5-22-15(26)10-6-11(17(19,20)21)8-12(7-10)23-13(24)9-18/h6-8H,4-5,9H2,1-3H3,(H,22,26)(H,23,24). The van der Waals surface area contributed by atoms with Crippen LogP contribution in [-0.2, 0) is 20.5 Å². The summed E-state index contributed by atoms with van der Waals surface area (Å²) in [6, 6.07) is 2.43. The Kier molecular flexibility index (Phi) is 7.65. The monoisotopic (exact) mass is 408 g/mol. The van der Waals surface area contributed by atoms with E-state index in [4.69, 9.17) is 16.3 Å². The van der Waals surface area contributed by atoms with Gasteiger partial charge in [0.25, 0.3) is 5.91 Å². The quantitative estimate of drug-likeness (QED) is 0.558. The van der Waals surface area contributed by atoms with Gasteiger partial charge in [-0.3, -0.25) is 14.4 Å². The summed E-state index contributed by atoms with van der Waals surface area (Å²) in [6.07, 6.45) is -4.86. The number of hydrogen-bond donors (Lipinski definition) is 2. The largest absolute Gasteiger partial charge is 0.460 e. The molecule has 0 unspecified atom stereocenters. The molecular weight excluding hydrogens is 389 g/mol. The zero-order valence-corrected chi connectivity index (χ0v) is 15.8. The third kappa shape index (κ3) is 8.29. The van der Waals surface area contributed by atoms with Crippen molar-refractivity contribution in [3.8, 4) is 0 Å². The maximum atomic E-state index is 13.0. The van der Waals surface area contributed by atoms with Gasteiger partial charge < -0.3 is 15.4 Å². The summed E-state index contributed by atoms with van der Waals surface area (Å²) in [5.41, 5.74) is -2.32. The summed E-state index contributed by atoms with van der Waals surface area (Å²) < 4.78 is 44.1. The van der Waals surface area contributed by atoms with E-state index in [0.29, 0.717) is 12.1 Å². The first-order valence-corrected chi connectivity index (χ1v) is 8.43. The van der Waals surface area contributed by atoms with Crippen LogP contribution in [0, 0.1) is 0 Å². The molecule has 0 aliphatic rings. The highest BCUT2D eigenvalue weighted by atomic mass is 35.5. The molecule has 0 radical (unpaired) electrons. The zero-order valence-electron chi connectivity index (χ0n) is 15.0. The van der Waals surface area contributed by atoms with Crippen LogP contribution in [0.15, 0.2) is 18.2 Å². The molecule has 6 nitrogen and oxygen atoms in total. The van der Waals surface area contributed by atoms with Crippen molar-refractivity contribution in [3.05, 3.63) is 29.3 Å². The molecule has 0 atom stereocenters. The van der Waals surface area contributed by atoms with E-state index in [1.165, 1.54) is 0 Å². The summed E-state index contributed by atoms with van der Waals surface area (Å²) in [5, 5.41) is 4.52. The lowest BCUT2D eigenvalue weighted by atomic mass is 10.1. The van der Waals surface area contributed by atoms with E-state index in [0.717, 1.165) is 6.07 Å². The Morgan fingerprint density at radius 2 is 1.74 bits per heavy atom. The second kappa shape index (κ2) is 9.07. The summed E-state index contributed by atoms with van der Waals surface area (Å²) in [5.74, 6) is -2.55. The van der Waals surface area contributed by atoms with Gasteiger partial charge in [-0.05, 0) is 39.0 Å². The first-order chi connectivity index (χ1) is 12.3. The van der Waals surface area contributed by atoms with E-state index in [2.05, 4.69) is 10.6 Å². The smallest absolute Gasteiger partial charge is 0.416 e. The number of nitrogens with one attached hydrogen (secondary N) is 2. The van der Waals surface area contributed by atoms with Crippen molar-refractivity contribution in [1.29, 1.82) is 0 Å². The predicted octanol–water partition coefficient (Wildman–Crippen LogP) is 3.34. The highest BCUT2D eigenvalue weighted by Gasteiger charge is 2.32. The van der Waals surface area contributed by atoms with Crippen LogP contribution in [0.3, 0.4) is 0 Å². The normalized spacial score (nSPS) is 11.7. The molecule has 0 aliphatic heterocycles. The van der Waals surface area contributed by atoms with Crippen LogP contribution < -0.4 is 10.6 Å². The third-order valence-electron chi connectivity index (χ3n) is 2.96. The molecule has 1 aromatic carbocycles. The average Bonchev–Trinajstić information content (AvgIpc) is 2.51. The minimum Gasteiger partial charge on any atom is -0.460 e. The SMILES string of the molecule is CC(C)(C)OC(=O)CCNC(=O)c1cc(NC(=O)CCl)cc(C(F)(F)F)c1. The molecule has 1 aromatic rings. The molecule has 150 valence electrons. The van der Waals surface area contributed by atoms with Gasteiger partial charge in [-0.15, -0.1) is 11.6 Å². The Labute approximate surface area is 159 Å². The topological polar surface area (TPSA) is 84.5 Å². The maximum Gasteiger partial charge on any atom is 0.416 e. The highest BCUT2D eigenvalue weighted by molar-refractivity contribution is 6.29. The fourth-order valence-electron chi connectivity index (χ4n) is 1.96. The van der Waals surface area contributed by atoms with Crippen LogP contribution in [0.25, 0.3) is 0 Å². The Balaban J connectivity index is 2.87. The number of carbonyl (C=O) groups excluding carboxylic acids is 3. The number of hydrogen-bond acceptors (Lipinski definition) is 4. The number of benzene rings is 1. The molecule has 0 fully saturated rings. The molecule has 1 rings (SSSR count). The summed E-state index contributed by atoms with van der Waals surface area (Å²) in [4.78, 5) is 35.0. The van der Waals surface area contributed by atoms with Crippen LogP contribution in [-0.4, -0.2) is 35.8 Å². The van der Waals surface area contributed by atoms with Gasteiger partial charge in [0.1, 0.15) is 11.5 Å². The summed E-state index contributed by atoms with van der Waals surface area (Å²) in [6.45, 7) is 4.93. The molecule has 2 amide bonds. The zero-order chi connectivity index (χ0) is 20.8. The van der Waals surface area contributed by atoms with Gasteiger partial charge in [0.15, 0.2) is 0 Å². The minimum absolute atomic E-state index is 0.118. The van der Waals surface area contributed by atoms with Crippen LogP contribution >= 0.6 is 11.6 Å². The van der Waals surface area contributed by atoms with E-state index in [9.17, 15) is 27.6 Å². The molecule has 0 bridgehead atoms. The van der Waals surface area contributed by atoms with E-state index in [1.54, 1.807) is 20.8 Å². The van der Waals surface area contributed by atoms with Crippen molar-refractivity contribution in [1.82, 2.24) is 5.32 Å². The van der Waals surface area contributed by atoms with Crippen molar-refractivity contribution >= 4 is 35.1 Å². The second-order valence-corrected chi connectivity index (χ2v) is 6.84. The third-order valence-corrected chi connectivity index (χ3v) is 3.21. The van der Waals surface area contributed by atoms with Gasteiger partial charge in [0.2, 0.25) is 5.91 Å². The van der Waals surface area contributed by atoms with Crippen molar-refractivity contribution < 1.29 is 32.3 Å². The summed E-state index contributed by atoms with van der Waals surface area (Å²) >= 11 is 5.32. The molecular formula is C17H20ClF3N2O4. The number of ether oxygens (including phenoxy) is 1. The van der Waals surface area contributed by atoms with E-state index in [1.807, 2.05) is 0 Å². The van der Waals surface area contributed by atoms with Gasteiger partial charge in [0, 0.05) is 17.8 Å². The lowest BCUT2D eigenvalue weighted by Gasteiger charge is -2.19. The number of amides is 2. The van der Waals surface area contributed by atoms with Gasteiger partial charge in [-0.2, -0.15) is 13.2 Å². The number of alkyl halides is 4. The number of carbonyl (C=O) groups is 3. The highest BCUT2D eigenvalue weighted by Crippen LogP contribution is 2.32. The molecule has 0 spiro atoms. The van der Waals surface area contributed by atoms with Crippen LogP contribution in [0.5, 0.6) is 0 Å². The Morgan fingerprint density at radius 3 is 2.26 bits per heavy atom. The predicted molar refractivity (Wildman–Crippen MR) is 93.6 cm³/mol. The fraction of sp³-hybridized carbons (Fsp3) is 0.471. The van der Waals surface area contributed by atoms with E-state index >= 15 is 0 Å². The molecule has 27 heavy (non-hydrogen) atoms. The van der Waals surface area contributed by atoms with Crippen LogP contribution in [0.2, 0.25) is 0 Å². The van der Waals surface area contributed by atoms with Gasteiger partial charge in [-0.25, -0.2) is 0 Å². The average molecular weight is 409 g/mol. The molecule has 2 N–H and O–H groups in total. The van der Waals surface area contributed by atoms with Gasteiger partial charge >= 0.3 is 12.1 Å². The molecule has 0 aromatic heterocycles. The number of esters is 1. The second-order valence-electron chi connectivity index (χ2n) is 6.57. The van der Waals surface area contributed by atoms with Crippen LogP contribution in [0.4, 0.5) is 18.9 Å². The molecule has 0 saturated heterocycles. The molecule has 10 heteroatoms. The number of halogens is 4. The number of rotatable bonds is 6. The van der Waals surface area contributed by atoms with Crippen molar-refractivity contribution in [2.75, 3.05) is 17.7 Å². The van der Waals surface area contributed by atoms with Gasteiger partial charge in [-0.1, -0.05) is 0 Å². The first kappa shape index (κ1) is 22.8. The Hall–Kier alpha value is -2.29.